The Hall–Kier alpha value is -0.870. The fourth-order valence-corrected chi connectivity index (χ4v) is 1.88. The zero-order chi connectivity index (χ0) is 10.8. The van der Waals surface area contributed by atoms with E-state index < -0.39 is 0 Å². The van der Waals surface area contributed by atoms with E-state index in [1.165, 1.54) is 12.1 Å². The molecule has 1 aromatic carbocycles. The summed E-state index contributed by atoms with van der Waals surface area (Å²) in [7, 11) is 0. The molecule has 0 saturated carbocycles. The molecule has 15 heavy (non-hydrogen) atoms. The van der Waals surface area contributed by atoms with Crippen LogP contribution in [0, 0.1) is 5.82 Å². The van der Waals surface area contributed by atoms with E-state index in [4.69, 9.17) is 11.6 Å². The summed E-state index contributed by atoms with van der Waals surface area (Å²) in [5.41, 5.74) is 0.955. The third kappa shape index (κ3) is 2.58. The second-order valence-corrected chi connectivity index (χ2v) is 4.38. The molecule has 78 valence electrons. The molecule has 0 aliphatic carbocycles. The van der Waals surface area contributed by atoms with Crippen molar-refractivity contribution < 1.29 is 4.39 Å². The van der Waals surface area contributed by atoms with Crippen molar-refractivity contribution in [3.05, 3.63) is 51.5 Å². The molecule has 0 amide bonds. The van der Waals surface area contributed by atoms with E-state index in [0.717, 1.165) is 10.0 Å². The van der Waals surface area contributed by atoms with Crippen molar-refractivity contribution in [3.63, 3.8) is 0 Å². The Morgan fingerprint density at radius 3 is 2.87 bits per heavy atom. The van der Waals surface area contributed by atoms with Crippen LogP contribution in [0.15, 0.2) is 35.1 Å². The van der Waals surface area contributed by atoms with Crippen LogP contribution in [0.25, 0.3) is 0 Å². The molecule has 0 unspecified atom stereocenters. The van der Waals surface area contributed by atoms with E-state index in [9.17, 15) is 4.39 Å². The van der Waals surface area contributed by atoms with E-state index >= 15 is 0 Å². The molecule has 0 aliphatic heterocycles. The predicted octanol–water partition coefficient (Wildman–Crippen LogP) is 3.49. The van der Waals surface area contributed by atoms with Crippen molar-refractivity contribution in [2.75, 3.05) is 0 Å². The van der Waals surface area contributed by atoms with Crippen LogP contribution in [0.2, 0.25) is 5.02 Å². The van der Waals surface area contributed by atoms with Crippen molar-refractivity contribution in [2.24, 2.45) is 0 Å². The third-order valence-corrected chi connectivity index (χ3v) is 2.88. The quantitative estimate of drug-likeness (QED) is 0.827. The van der Waals surface area contributed by atoms with E-state index in [1.54, 1.807) is 23.1 Å². The second-order valence-electron chi connectivity index (χ2n) is 3.09. The van der Waals surface area contributed by atoms with Crippen molar-refractivity contribution >= 4 is 27.5 Å². The summed E-state index contributed by atoms with van der Waals surface area (Å²) in [5, 5.41) is 4.64. The van der Waals surface area contributed by atoms with E-state index in [-0.39, 0.29) is 5.82 Å². The predicted molar refractivity (Wildman–Crippen MR) is 60.4 cm³/mol. The average molecular weight is 290 g/mol. The number of halogens is 3. The first-order valence-electron chi connectivity index (χ1n) is 4.27. The van der Waals surface area contributed by atoms with Gasteiger partial charge in [0.15, 0.2) is 0 Å². The highest BCUT2D eigenvalue weighted by Gasteiger charge is 2.03. The van der Waals surface area contributed by atoms with Crippen LogP contribution in [-0.2, 0) is 6.54 Å². The Labute approximate surface area is 99.8 Å². The van der Waals surface area contributed by atoms with Crippen molar-refractivity contribution in [1.82, 2.24) is 9.78 Å². The van der Waals surface area contributed by atoms with Gasteiger partial charge in [0.2, 0.25) is 0 Å². The summed E-state index contributed by atoms with van der Waals surface area (Å²) in [6.45, 7) is 0.563. The highest BCUT2D eigenvalue weighted by molar-refractivity contribution is 9.10. The Kier molecular flexibility index (Phi) is 3.07. The topological polar surface area (TPSA) is 17.8 Å². The maximum absolute atomic E-state index is 12.8. The fraction of sp³-hybridized carbons (Fsp3) is 0.100. The molecule has 2 aromatic rings. The largest absolute Gasteiger partial charge is 0.267 e. The van der Waals surface area contributed by atoms with Crippen molar-refractivity contribution in [1.29, 1.82) is 0 Å². The van der Waals surface area contributed by atoms with Gasteiger partial charge in [-0.2, -0.15) is 5.10 Å². The number of benzene rings is 1. The first-order valence-corrected chi connectivity index (χ1v) is 5.44. The lowest BCUT2D eigenvalue weighted by molar-refractivity contribution is 0.623. The lowest BCUT2D eigenvalue weighted by atomic mass is 10.2. The Morgan fingerprint density at radius 1 is 1.47 bits per heavy atom. The highest BCUT2D eigenvalue weighted by Crippen LogP contribution is 2.19. The van der Waals surface area contributed by atoms with Crippen LogP contribution < -0.4 is 0 Å². The fourth-order valence-electron chi connectivity index (χ4n) is 1.25. The van der Waals surface area contributed by atoms with Crippen molar-refractivity contribution in [2.45, 2.75) is 6.54 Å². The van der Waals surface area contributed by atoms with Gasteiger partial charge in [0.05, 0.1) is 17.8 Å². The molecule has 0 bridgehead atoms. The van der Waals surface area contributed by atoms with Gasteiger partial charge in [-0.3, -0.25) is 4.68 Å². The number of aromatic nitrogens is 2. The smallest absolute Gasteiger partial charge is 0.124 e. The first kappa shape index (κ1) is 10.6. The molecule has 0 radical (unpaired) electrons. The Morgan fingerprint density at radius 2 is 2.27 bits per heavy atom. The molecule has 0 saturated heterocycles. The van der Waals surface area contributed by atoms with Crippen LogP contribution in [0.3, 0.4) is 0 Å². The molecule has 0 N–H and O–H groups in total. The molecule has 1 aromatic heterocycles. The zero-order valence-corrected chi connectivity index (χ0v) is 9.96. The lowest BCUT2D eigenvalue weighted by Gasteiger charge is -2.04. The Bertz CT molecular complexity index is 484. The minimum atomic E-state index is -0.260. The summed E-state index contributed by atoms with van der Waals surface area (Å²) < 4.78 is 15.2. The summed E-state index contributed by atoms with van der Waals surface area (Å²) in [6.07, 6.45) is 3.29. The minimum absolute atomic E-state index is 0.260. The monoisotopic (exact) mass is 288 g/mol. The molecule has 0 fully saturated rings. The van der Waals surface area contributed by atoms with Crippen LogP contribution in [-0.4, -0.2) is 9.78 Å². The van der Waals surface area contributed by atoms with Gasteiger partial charge in [0.1, 0.15) is 5.82 Å². The minimum Gasteiger partial charge on any atom is -0.267 e. The Balaban J connectivity index is 2.24. The van der Waals surface area contributed by atoms with Crippen LogP contribution >= 0.6 is 27.5 Å². The SMILES string of the molecule is Fc1ccc(Cn2cc(Cl)cn2)c(Br)c1. The molecule has 0 aliphatic rings. The van der Waals surface area contributed by atoms with Gasteiger partial charge < -0.3 is 0 Å². The maximum atomic E-state index is 12.8. The third-order valence-electron chi connectivity index (χ3n) is 1.95. The van der Waals surface area contributed by atoms with E-state index in [2.05, 4.69) is 21.0 Å². The van der Waals surface area contributed by atoms with Gasteiger partial charge in [0.25, 0.3) is 0 Å². The van der Waals surface area contributed by atoms with Gasteiger partial charge in [0, 0.05) is 10.7 Å². The van der Waals surface area contributed by atoms with Gasteiger partial charge in [-0.1, -0.05) is 33.6 Å². The number of rotatable bonds is 2. The molecular formula is C10H7BrClFN2. The standard InChI is InChI=1S/C10H7BrClFN2/c11-10-3-9(13)2-1-7(10)5-15-6-8(12)4-14-15/h1-4,6H,5H2. The lowest BCUT2D eigenvalue weighted by Crippen LogP contribution is -2.00. The number of hydrogen-bond donors (Lipinski definition) is 0. The van der Waals surface area contributed by atoms with Crippen LogP contribution in [0.4, 0.5) is 4.39 Å². The number of nitrogens with zero attached hydrogens (tertiary/aromatic N) is 2. The summed E-state index contributed by atoms with van der Waals surface area (Å²) in [4.78, 5) is 0. The molecule has 2 nitrogen and oxygen atoms in total. The first-order chi connectivity index (χ1) is 7.15. The van der Waals surface area contributed by atoms with Crippen molar-refractivity contribution in [3.8, 4) is 0 Å². The summed E-state index contributed by atoms with van der Waals surface area (Å²) in [6, 6.07) is 4.57. The highest BCUT2D eigenvalue weighted by atomic mass is 79.9. The molecule has 0 atom stereocenters. The average Bonchev–Trinajstić information content (AvgIpc) is 2.56. The van der Waals surface area contributed by atoms with Gasteiger partial charge >= 0.3 is 0 Å². The molecule has 2 rings (SSSR count). The summed E-state index contributed by atoms with van der Waals surface area (Å²) in [5.74, 6) is -0.260. The van der Waals surface area contributed by atoms with E-state index in [1.807, 2.05) is 0 Å². The molecule has 1 heterocycles. The summed E-state index contributed by atoms with van der Waals surface area (Å²) >= 11 is 9.03. The van der Waals surface area contributed by atoms with Gasteiger partial charge in [-0.05, 0) is 17.7 Å². The van der Waals surface area contributed by atoms with Gasteiger partial charge in [-0.25, -0.2) is 4.39 Å². The van der Waals surface area contributed by atoms with Gasteiger partial charge in [-0.15, -0.1) is 0 Å². The molecular weight excluding hydrogens is 282 g/mol. The molecule has 5 heteroatoms. The normalized spacial score (nSPS) is 10.6. The number of hydrogen-bond acceptors (Lipinski definition) is 1. The van der Waals surface area contributed by atoms with E-state index in [0.29, 0.717) is 11.6 Å². The van der Waals surface area contributed by atoms with Crippen LogP contribution in [0.5, 0.6) is 0 Å². The van der Waals surface area contributed by atoms with Crippen LogP contribution in [0.1, 0.15) is 5.56 Å². The second kappa shape index (κ2) is 4.33. The molecule has 0 spiro atoms. The maximum Gasteiger partial charge on any atom is 0.124 e. The zero-order valence-electron chi connectivity index (χ0n) is 7.62.